The first-order chi connectivity index (χ1) is 7.50. The number of hydrogen-bond acceptors (Lipinski definition) is 3. The number of rotatable bonds is 5. The fourth-order valence-electron chi connectivity index (χ4n) is 1.47. The van der Waals surface area contributed by atoms with Gasteiger partial charge >= 0.3 is 0 Å². The molecule has 0 saturated carbocycles. The van der Waals surface area contributed by atoms with Crippen molar-refractivity contribution in [1.82, 2.24) is 5.32 Å². The fraction of sp³-hybridized carbons (Fsp3) is 0.500. The van der Waals surface area contributed by atoms with E-state index in [0.717, 1.165) is 22.1 Å². The summed E-state index contributed by atoms with van der Waals surface area (Å²) in [5.41, 5.74) is 1.74. The zero-order valence-corrected chi connectivity index (χ0v) is 11.2. The van der Waals surface area contributed by atoms with Crippen molar-refractivity contribution in [3.63, 3.8) is 0 Å². The number of aromatic hydroxyl groups is 1. The Morgan fingerprint density at radius 1 is 1.44 bits per heavy atom. The smallest absolute Gasteiger partial charge is 0.123 e. The molecule has 16 heavy (non-hydrogen) atoms. The van der Waals surface area contributed by atoms with Gasteiger partial charge in [-0.1, -0.05) is 15.9 Å². The normalized spacial score (nSPS) is 12.8. The molecular formula is C12H18BrNO2. The molecule has 90 valence electrons. The van der Waals surface area contributed by atoms with Gasteiger partial charge < -0.3 is 15.5 Å². The molecule has 0 spiro atoms. The van der Waals surface area contributed by atoms with Crippen LogP contribution in [0.2, 0.25) is 0 Å². The topological polar surface area (TPSA) is 52.5 Å². The minimum absolute atomic E-state index is 0.287. The van der Waals surface area contributed by atoms with Crippen molar-refractivity contribution in [2.45, 2.75) is 32.9 Å². The highest BCUT2D eigenvalue weighted by atomic mass is 79.9. The number of hydrogen-bond donors (Lipinski definition) is 3. The van der Waals surface area contributed by atoms with Crippen LogP contribution in [0.25, 0.3) is 0 Å². The Balaban J connectivity index is 2.53. The Kier molecular flexibility index (Phi) is 5.25. The monoisotopic (exact) mass is 287 g/mol. The van der Waals surface area contributed by atoms with E-state index in [9.17, 15) is 5.11 Å². The largest absolute Gasteiger partial charge is 0.507 e. The standard InChI is InChI=1S/C12H18BrNO2/c1-8-5-11(13)6-10(12(8)16)7-14-4-3-9(2)15/h5-6,9,14-16H,3-4,7H2,1-2H3. The van der Waals surface area contributed by atoms with Crippen molar-refractivity contribution in [2.75, 3.05) is 6.54 Å². The highest BCUT2D eigenvalue weighted by Crippen LogP contribution is 2.26. The molecule has 0 saturated heterocycles. The quantitative estimate of drug-likeness (QED) is 0.729. The summed E-state index contributed by atoms with van der Waals surface area (Å²) in [6, 6.07) is 3.78. The number of nitrogens with one attached hydrogen (secondary N) is 1. The van der Waals surface area contributed by atoms with Gasteiger partial charge in [0.05, 0.1) is 6.10 Å². The molecule has 0 aromatic heterocycles. The Hall–Kier alpha value is -0.580. The van der Waals surface area contributed by atoms with Crippen LogP contribution in [-0.4, -0.2) is 22.9 Å². The lowest BCUT2D eigenvalue weighted by Gasteiger charge is -2.10. The Bertz CT molecular complexity index is 353. The predicted octanol–water partition coefficient (Wildman–Crippen LogP) is 2.32. The number of phenols is 1. The van der Waals surface area contributed by atoms with Gasteiger partial charge in [-0.15, -0.1) is 0 Å². The van der Waals surface area contributed by atoms with Crippen LogP contribution in [0.4, 0.5) is 0 Å². The van der Waals surface area contributed by atoms with E-state index in [4.69, 9.17) is 5.11 Å². The van der Waals surface area contributed by atoms with E-state index in [-0.39, 0.29) is 6.10 Å². The summed E-state index contributed by atoms with van der Waals surface area (Å²) in [6.45, 7) is 4.99. The maximum atomic E-state index is 9.82. The highest BCUT2D eigenvalue weighted by Gasteiger charge is 2.05. The maximum absolute atomic E-state index is 9.82. The van der Waals surface area contributed by atoms with E-state index in [1.54, 1.807) is 6.92 Å². The molecule has 1 aromatic rings. The number of aliphatic hydroxyl groups is 1. The number of phenolic OH excluding ortho intramolecular Hbond substituents is 1. The molecule has 0 amide bonds. The second-order valence-electron chi connectivity index (χ2n) is 4.04. The second-order valence-corrected chi connectivity index (χ2v) is 4.96. The van der Waals surface area contributed by atoms with Crippen LogP contribution in [0.15, 0.2) is 16.6 Å². The number of benzene rings is 1. The van der Waals surface area contributed by atoms with Crippen molar-refractivity contribution in [1.29, 1.82) is 0 Å². The van der Waals surface area contributed by atoms with Gasteiger partial charge in [0.15, 0.2) is 0 Å². The molecule has 3 nitrogen and oxygen atoms in total. The third-order valence-electron chi connectivity index (χ3n) is 2.40. The minimum Gasteiger partial charge on any atom is -0.507 e. The van der Waals surface area contributed by atoms with Crippen LogP contribution in [0.1, 0.15) is 24.5 Å². The molecule has 1 aromatic carbocycles. The summed E-state index contributed by atoms with van der Waals surface area (Å²) in [6.07, 6.45) is 0.429. The van der Waals surface area contributed by atoms with Crippen molar-refractivity contribution in [3.05, 3.63) is 27.7 Å². The average molecular weight is 288 g/mol. The van der Waals surface area contributed by atoms with Gasteiger partial charge in [0.25, 0.3) is 0 Å². The van der Waals surface area contributed by atoms with Gasteiger partial charge in [-0.05, 0) is 44.5 Å². The van der Waals surface area contributed by atoms with Crippen molar-refractivity contribution in [3.8, 4) is 5.75 Å². The summed E-state index contributed by atoms with van der Waals surface area (Å²) in [4.78, 5) is 0. The van der Waals surface area contributed by atoms with Gasteiger partial charge in [0.2, 0.25) is 0 Å². The van der Waals surface area contributed by atoms with Crippen LogP contribution < -0.4 is 5.32 Å². The van der Waals surface area contributed by atoms with Crippen molar-refractivity contribution < 1.29 is 10.2 Å². The molecule has 3 N–H and O–H groups in total. The highest BCUT2D eigenvalue weighted by molar-refractivity contribution is 9.10. The van der Waals surface area contributed by atoms with E-state index >= 15 is 0 Å². The molecule has 0 aliphatic carbocycles. The number of halogens is 1. The molecule has 0 radical (unpaired) electrons. The van der Waals surface area contributed by atoms with E-state index in [1.165, 1.54) is 0 Å². The molecule has 0 fully saturated rings. The van der Waals surface area contributed by atoms with Gasteiger partial charge in [-0.25, -0.2) is 0 Å². The Labute approximate surface area is 105 Å². The van der Waals surface area contributed by atoms with Crippen LogP contribution in [0.5, 0.6) is 5.75 Å². The zero-order chi connectivity index (χ0) is 12.1. The number of aliphatic hydroxyl groups excluding tert-OH is 1. The minimum atomic E-state index is -0.287. The summed E-state index contributed by atoms with van der Waals surface area (Å²) < 4.78 is 0.968. The van der Waals surface area contributed by atoms with Gasteiger partial charge in [-0.2, -0.15) is 0 Å². The molecular weight excluding hydrogens is 270 g/mol. The second kappa shape index (κ2) is 6.23. The third kappa shape index (κ3) is 4.12. The fourth-order valence-corrected chi connectivity index (χ4v) is 2.09. The van der Waals surface area contributed by atoms with Crippen molar-refractivity contribution in [2.24, 2.45) is 0 Å². The first-order valence-corrected chi connectivity index (χ1v) is 6.16. The van der Waals surface area contributed by atoms with Gasteiger partial charge in [0.1, 0.15) is 5.75 Å². The molecule has 0 bridgehead atoms. The van der Waals surface area contributed by atoms with Crippen LogP contribution in [-0.2, 0) is 6.54 Å². The Morgan fingerprint density at radius 2 is 2.12 bits per heavy atom. The maximum Gasteiger partial charge on any atom is 0.123 e. The molecule has 1 unspecified atom stereocenters. The molecule has 4 heteroatoms. The van der Waals surface area contributed by atoms with Crippen LogP contribution in [0, 0.1) is 6.92 Å². The molecule has 1 atom stereocenters. The first kappa shape index (κ1) is 13.5. The molecule has 0 aliphatic heterocycles. The first-order valence-electron chi connectivity index (χ1n) is 5.37. The number of aryl methyl sites for hydroxylation is 1. The van der Waals surface area contributed by atoms with Crippen LogP contribution >= 0.6 is 15.9 Å². The lowest BCUT2D eigenvalue weighted by Crippen LogP contribution is -2.18. The molecule has 0 aliphatic rings. The summed E-state index contributed by atoms with van der Waals surface area (Å²) in [5.74, 6) is 0.341. The average Bonchev–Trinajstić information content (AvgIpc) is 2.19. The van der Waals surface area contributed by atoms with Gasteiger partial charge in [0, 0.05) is 16.6 Å². The SMILES string of the molecule is Cc1cc(Br)cc(CNCCC(C)O)c1O. The van der Waals surface area contributed by atoms with E-state index in [2.05, 4.69) is 21.2 Å². The summed E-state index contributed by atoms with van der Waals surface area (Å²) >= 11 is 3.40. The zero-order valence-electron chi connectivity index (χ0n) is 9.63. The molecule has 0 heterocycles. The van der Waals surface area contributed by atoms with Crippen LogP contribution in [0.3, 0.4) is 0 Å². The molecule has 1 rings (SSSR count). The third-order valence-corrected chi connectivity index (χ3v) is 2.86. The summed E-state index contributed by atoms with van der Waals surface area (Å²) in [5, 5.41) is 22.1. The van der Waals surface area contributed by atoms with Gasteiger partial charge in [-0.3, -0.25) is 0 Å². The lowest BCUT2D eigenvalue weighted by atomic mass is 10.1. The van der Waals surface area contributed by atoms with E-state index < -0.39 is 0 Å². The Morgan fingerprint density at radius 3 is 2.75 bits per heavy atom. The predicted molar refractivity (Wildman–Crippen MR) is 68.5 cm³/mol. The van der Waals surface area contributed by atoms with E-state index in [0.29, 0.717) is 18.7 Å². The lowest BCUT2D eigenvalue weighted by molar-refractivity contribution is 0.183. The summed E-state index contributed by atoms with van der Waals surface area (Å²) in [7, 11) is 0. The van der Waals surface area contributed by atoms with Crippen molar-refractivity contribution >= 4 is 15.9 Å². The van der Waals surface area contributed by atoms with E-state index in [1.807, 2.05) is 19.1 Å².